The Labute approximate surface area is 107 Å². The Balaban J connectivity index is 1.78. The normalized spacial score (nSPS) is 29.2. The highest BCUT2D eigenvalue weighted by atomic mass is 79.9. The Morgan fingerprint density at radius 2 is 2.00 bits per heavy atom. The highest BCUT2D eigenvalue weighted by Gasteiger charge is 2.31. The second-order valence-electron chi connectivity index (χ2n) is 5.32. The van der Waals surface area contributed by atoms with Crippen molar-refractivity contribution in [2.24, 2.45) is 11.8 Å². The fourth-order valence-corrected chi connectivity index (χ4v) is 3.50. The van der Waals surface area contributed by atoms with Crippen molar-refractivity contribution in [1.29, 1.82) is 0 Å². The lowest BCUT2D eigenvalue weighted by Crippen LogP contribution is -2.34. The molecular formula is C13H22BrNO. The van der Waals surface area contributed by atoms with Gasteiger partial charge in [-0.1, -0.05) is 22.4 Å². The molecule has 1 heterocycles. The van der Waals surface area contributed by atoms with E-state index in [1.165, 1.54) is 25.7 Å². The summed E-state index contributed by atoms with van der Waals surface area (Å²) in [5, 5.41) is 1.02. The number of nitrogens with zero attached hydrogens (tertiary/aromatic N) is 1. The molecule has 3 heteroatoms. The average molecular weight is 288 g/mol. The van der Waals surface area contributed by atoms with Crippen LogP contribution in [0.25, 0.3) is 0 Å². The minimum atomic E-state index is 0.397. The van der Waals surface area contributed by atoms with Crippen LogP contribution < -0.4 is 0 Å². The van der Waals surface area contributed by atoms with E-state index in [0.29, 0.717) is 5.91 Å². The minimum absolute atomic E-state index is 0.397. The zero-order chi connectivity index (χ0) is 11.4. The first kappa shape index (κ1) is 12.4. The van der Waals surface area contributed by atoms with Gasteiger partial charge < -0.3 is 4.90 Å². The number of halogens is 1. The smallest absolute Gasteiger partial charge is 0.222 e. The van der Waals surface area contributed by atoms with Gasteiger partial charge in [0.1, 0.15) is 0 Å². The third-order valence-electron chi connectivity index (χ3n) is 4.06. The first-order valence-corrected chi connectivity index (χ1v) is 7.75. The first-order chi connectivity index (χ1) is 7.79. The van der Waals surface area contributed by atoms with E-state index in [2.05, 4.69) is 20.8 Å². The largest absolute Gasteiger partial charge is 0.342 e. The molecule has 1 saturated carbocycles. The Morgan fingerprint density at radius 1 is 1.19 bits per heavy atom. The second-order valence-corrected chi connectivity index (χ2v) is 6.11. The molecule has 0 aromatic carbocycles. The Kier molecular flexibility index (Phi) is 4.68. The van der Waals surface area contributed by atoms with E-state index < -0.39 is 0 Å². The lowest BCUT2D eigenvalue weighted by atomic mass is 10.0. The summed E-state index contributed by atoms with van der Waals surface area (Å²) in [4.78, 5) is 14.1. The van der Waals surface area contributed by atoms with Crippen molar-refractivity contribution in [2.45, 2.75) is 44.9 Å². The third kappa shape index (κ3) is 3.22. The van der Waals surface area contributed by atoms with Gasteiger partial charge >= 0.3 is 0 Å². The van der Waals surface area contributed by atoms with E-state index in [-0.39, 0.29) is 0 Å². The molecule has 2 rings (SSSR count). The molecule has 2 nitrogen and oxygen atoms in total. The number of carbonyl (C=O) groups is 1. The molecule has 2 bridgehead atoms. The lowest BCUT2D eigenvalue weighted by Gasteiger charge is -2.25. The Bertz CT molecular complexity index is 244. The van der Waals surface area contributed by atoms with Crippen LogP contribution in [0.1, 0.15) is 44.9 Å². The molecule has 0 N–H and O–H groups in total. The van der Waals surface area contributed by atoms with Gasteiger partial charge in [-0.25, -0.2) is 0 Å². The lowest BCUT2D eigenvalue weighted by molar-refractivity contribution is -0.131. The van der Waals surface area contributed by atoms with E-state index in [1.54, 1.807) is 0 Å². The fourth-order valence-electron chi connectivity index (χ4n) is 3.10. The van der Waals surface area contributed by atoms with E-state index in [9.17, 15) is 4.79 Å². The van der Waals surface area contributed by atoms with Crippen LogP contribution in [0.5, 0.6) is 0 Å². The molecule has 16 heavy (non-hydrogen) atoms. The Morgan fingerprint density at radius 3 is 2.81 bits per heavy atom. The molecule has 0 aromatic rings. The number of likely N-dealkylation sites (tertiary alicyclic amines) is 1. The first-order valence-electron chi connectivity index (χ1n) is 6.63. The molecule has 0 spiro atoms. The summed E-state index contributed by atoms with van der Waals surface area (Å²) < 4.78 is 0. The predicted octanol–water partition coefficient (Wildman–Crippen LogP) is 3.20. The summed E-state index contributed by atoms with van der Waals surface area (Å²) in [5.74, 6) is 2.13. The van der Waals surface area contributed by atoms with E-state index >= 15 is 0 Å². The van der Waals surface area contributed by atoms with Gasteiger partial charge in [0, 0.05) is 24.8 Å². The number of hydrogen-bond donors (Lipinski definition) is 0. The predicted molar refractivity (Wildman–Crippen MR) is 69.7 cm³/mol. The monoisotopic (exact) mass is 287 g/mol. The van der Waals surface area contributed by atoms with E-state index in [0.717, 1.165) is 49.5 Å². The van der Waals surface area contributed by atoms with Gasteiger partial charge in [0.05, 0.1) is 0 Å². The van der Waals surface area contributed by atoms with Crippen molar-refractivity contribution >= 4 is 21.8 Å². The minimum Gasteiger partial charge on any atom is -0.342 e. The van der Waals surface area contributed by atoms with Gasteiger partial charge in [-0.3, -0.25) is 4.79 Å². The maximum absolute atomic E-state index is 12.0. The standard InChI is InChI=1S/C13H22BrNO/c14-7-2-1-3-13(16)15-8-6-11-4-5-12(9-11)10-15/h11-12H,1-10H2. The molecule has 0 aromatic heterocycles. The third-order valence-corrected chi connectivity index (χ3v) is 4.62. The molecule has 1 aliphatic heterocycles. The quantitative estimate of drug-likeness (QED) is 0.574. The summed E-state index contributed by atoms with van der Waals surface area (Å²) in [5.41, 5.74) is 0. The second kappa shape index (κ2) is 6.04. The molecular weight excluding hydrogens is 266 g/mol. The van der Waals surface area contributed by atoms with Crippen LogP contribution in [0.3, 0.4) is 0 Å². The maximum atomic E-state index is 12.0. The molecule has 1 amide bonds. The molecule has 2 atom stereocenters. The molecule has 2 aliphatic rings. The molecule has 2 unspecified atom stereocenters. The van der Waals surface area contributed by atoms with Gasteiger partial charge in [0.2, 0.25) is 5.91 Å². The van der Waals surface area contributed by atoms with Crippen molar-refractivity contribution in [3.8, 4) is 0 Å². The van der Waals surface area contributed by atoms with Gasteiger partial charge in [-0.2, -0.15) is 0 Å². The van der Waals surface area contributed by atoms with Crippen LogP contribution in [0.15, 0.2) is 0 Å². The molecule has 1 saturated heterocycles. The molecule has 0 radical (unpaired) electrons. The van der Waals surface area contributed by atoms with Crippen LogP contribution in [0, 0.1) is 11.8 Å². The number of hydrogen-bond acceptors (Lipinski definition) is 1. The van der Waals surface area contributed by atoms with E-state index in [4.69, 9.17) is 0 Å². The summed E-state index contributed by atoms with van der Waals surface area (Å²) in [7, 11) is 0. The average Bonchev–Trinajstić information content (AvgIpc) is 2.58. The van der Waals surface area contributed by atoms with Crippen LogP contribution in [0.4, 0.5) is 0 Å². The van der Waals surface area contributed by atoms with Gasteiger partial charge in [-0.15, -0.1) is 0 Å². The number of carbonyl (C=O) groups excluding carboxylic acids is 1. The van der Waals surface area contributed by atoms with Crippen LogP contribution in [-0.4, -0.2) is 29.2 Å². The molecule has 92 valence electrons. The topological polar surface area (TPSA) is 20.3 Å². The number of unbranched alkanes of at least 4 members (excludes halogenated alkanes) is 1. The van der Waals surface area contributed by atoms with E-state index in [1.807, 2.05) is 0 Å². The summed E-state index contributed by atoms with van der Waals surface area (Å²) >= 11 is 3.41. The van der Waals surface area contributed by atoms with Crippen molar-refractivity contribution in [2.75, 3.05) is 18.4 Å². The molecule has 2 fully saturated rings. The SMILES string of the molecule is O=C(CCCCBr)N1CCC2CCC(C2)C1. The summed E-state index contributed by atoms with van der Waals surface area (Å²) in [6, 6.07) is 0. The van der Waals surface area contributed by atoms with Gasteiger partial charge in [-0.05, 0) is 43.9 Å². The van der Waals surface area contributed by atoms with Crippen molar-refractivity contribution in [3.05, 3.63) is 0 Å². The number of amides is 1. The van der Waals surface area contributed by atoms with Crippen LogP contribution in [-0.2, 0) is 4.79 Å². The molecule has 1 aliphatic carbocycles. The highest BCUT2D eigenvalue weighted by Crippen LogP contribution is 2.36. The zero-order valence-electron chi connectivity index (χ0n) is 9.96. The number of fused-ring (bicyclic) bond motifs is 2. The number of rotatable bonds is 4. The number of alkyl halides is 1. The van der Waals surface area contributed by atoms with Crippen LogP contribution in [0.2, 0.25) is 0 Å². The van der Waals surface area contributed by atoms with Gasteiger partial charge in [0.25, 0.3) is 0 Å². The fraction of sp³-hybridized carbons (Fsp3) is 0.923. The van der Waals surface area contributed by atoms with Crippen molar-refractivity contribution in [1.82, 2.24) is 4.90 Å². The van der Waals surface area contributed by atoms with Crippen molar-refractivity contribution in [3.63, 3.8) is 0 Å². The Hall–Kier alpha value is -0.0500. The highest BCUT2D eigenvalue weighted by molar-refractivity contribution is 9.09. The summed E-state index contributed by atoms with van der Waals surface area (Å²) in [6.45, 7) is 2.07. The summed E-state index contributed by atoms with van der Waals surface area (Å²) in [6.07, 6.45) is 8.31. The van der Waals surface area contributed by atoms with Gasteiger partial charge in [0.15, 0.2) is 0 Å². The van der Waals surface area contributed by atoms with Crippen molar-refractivity contribution < 1.29 is 4.79 Å². The van der Waals surface area contributed by atoms with Crippen LogP contribution >= 0.6 is 15.9 Å². The zero-order valence-corrected chi connectivity index (χ0v) is 11.5. The maximum Gasteiger partial charge on any atom is 0.222 e.